The van der Waals surface area contributed by atoms with Crippen molar-refractivity contribution in [3.05, 3.63) is 20.8 Å². The van der Waals surface area contributed by atoms with Gasteiger partial charge in [0.25, 0.3) is 0 Å². The van der Waals surface area contributed by atoms with Gasteiger partial charge in [-0.25, -0.2) is 0 Å². The van der Waals surface area contributed by atoms with E-state index in [2.05, 4.69) is 13.0 Å². The summed E-state index contributed by atoms with van der Waals surface area (Å²) in [7, 11) is 0. The maximum atomic E-state index is 6.37. The van der Waals surface area contributed by atoms with E-state index in [0.29, 0.717) is 5.41 Å². The van der Waals surface area contributed by atoms with Crippen molar-refractivity contribution in [2.75, 3.05) is 0 Å². The van der Waals surface area contributed by atoms with Crippen LogP contribution in [-0.4, -0.2) is 0 Å². The first-order chi connectivity index (χ1) is 7.03. The molecular weight excluding hydrogens is 226 g/mol. The molecule has 1 unspecified atom stereocenters. The van der Waals surface area contributed by atoms with Crippen molar-refractivity contribution in [2.24, 2.45) is 11.1 Å². The Hall–Kier alpha value is -0.0500. The number of nitrogens with two attached hydrogens (primary N) is 1. The third kappa shape index (κ3) is 2.08. The fourth-order valence-corrected chi connectivity index (χ4v) is 3.87. The molecule has 2 N–H and O–H groups in total. The van der Waals surface area contributed by atoms with Gasteiger partial charge in [0, 0.05) is 10.9 Å². The Morgan fingerprint density at radius 3 is 2.53 bits per heavy atom. The van der Waals surface area contributed by atoms with Gasteiger partial charge in [-0.3, -0.25) is 0 Å². The molecule has 1 saturated carbocycles. The van der Waals surface area contributed by atoms with Gasteiger partial charge in [0.05, 0.1) is 4.34 Å². The minimum Gasteiger partial charge on any atom is -0.323 e. The second-order valence-electron chi connectivity index (χ2n) is 4.94. The van der Waals surface area contributed by atoms with Gasteiger partial charge in [-0.2, -0.15) is 0 Å². The average molecular weight is 244 g/mol. The SMILES string of the molecule is Cc1cc(C(N)C2(C)CCCC2)sc1Cl. The van der Waals surface area contributed by atoms with Gasteiger partial charge < -0.3 is 5.73 Å². The van der Waals surface area contributed by atoms with E-state index >= 15 is 0 Å². The summed E-state index contributed by atoms with van der Waals surface area (Å²) >= 11 is 7.74. The summed E-state index contributed by atoms with van der Waals surface area (Å²) in [4.78, 5) is 1.25. The van der Waals surface area contributed by atoms with Crippen LogP contribution < -0.4 is 5.73 Å². The van der Waals surface area contributed by atoms with Crippen molar-refractivity contribution in [1.29, 1.82) is 0 Å². The van der Waals surface area contributed by atoms with E-state index in [-0.39, 0.29) is 6.04 Å². The molecule has 2 rings (SSSR count). The van der Waals surface area contributed by atoms with Crippen LogP contribution in [0.3, 0.4) is 0 Å². The second-order valence-corrected chi connectivity index (χ2v) is 6.63. The quantitative estimate of drug-likeness (QED) is 0.824. The summed E-state index contributed by atoms with van der Waals surface area (Å²) in [6.07, 6.45) is 5.15. The highest BCUT2D eigenvalue weighted by Gasteiger charge is 2.36. The number of halogens is 1. The largest absolute Gasteiger partial charge is 0.323 e. The molecule has 0 radical (unpaired) electrons. The molecule has 1 aromatic heterocycles. The van der Waals surface area contributed by atoms with E-state index in [1.165, 1.54) is 30.6 Å². The van der Waals surface area contributed by atoms with E-state index in [1.54, 1.807) is 11.3 Å². The maximum absolute atomic E-state index is 6.37. The van der Waals surface area contributed by atoms with Crippen molar-refractivity contribution < 1.29 is 0 Å². The third-order valence-electron chi connectivity index (χ3n) is 3.68. The zero-order valence-electron chi connectivity index (χ0n) is 9.35. The Kier molecular flexibility index (Phi) is 3.11. The number of thiophene rings is 1. The molecule has 1 aliphatic carbocycles. The molecule has 0 bridgehead atoms. The van der Waals surface area contributed by atoms with Crippen LogP contribution in [0.25, 0.3) is 0 Å². The Bertz CT molecular complexity index is 333. The lowest BCUT2D eigenvalue weighted by molar-refractivity contribution is 0.268. The highest BCUT2D eigenvalue weighted by Crippen LogP contribution is 2.48. The molecule has 84 valence electrons. The molecule has 1 aromatic rings. The number of aryl methyl sites for hydroxylation is 1. The number of rotatable bonds is 2. The van der Waals surface area contributed by atoms with Crippen molar-refractivity contribution in [2.45, 2.75) is 45.6 Å². The molecule has 1 heterocycles. The van der Waals surface area contributed by atoms with Crippen LogP contribution in [0.5, 0.6) is 0 Å². The van der Waals surface area contributed by atoms with E-state index < -0.39 is 0 Å². The lowest BCUT2D eigenvalue weighted by Crippen LogP contribution is -2.28. The molecule has 0 aromatic carbocycles. The van der Waals surface area contributed by atoms with E-state index in [0.717, 1.165) is 9.90 Å². The molecule has 1 atom stereocenters. The molecule has 0 saturated heterocycles. The summed E-state index contributed by atoms with van der Waals surface area (Å²) in [5, 5.41) is 0. The van der Waals surface area contributed by atoms with Crippen molar-refractivity contribution >= 4 is 22.9 Å². The normalized spacial score (nSPS) is 21.9. The third-order valence-corrected chi connectivity index (χ3v) is 5.32. The summed E-state index contributed by atoms with van der Waals surface area (Å²) in [6, 6.07) is 2.32. The lowest BCUT2D eigenvalue weighted by atomic mass is 9.80. The lowest BCUT2D eigenvalue weighted by Gasteiger charge is -2.30. The van der Waals surface area contributed by atoms with Gasteiger partial charge >= 0.3 is 0 Å². The number of hydrogen-bond acceptors (Lipinski definition) is 2. The standard InChI is InChI=1S/C12H18ClNS/c1-8-7-9(15-11(8)13)10(14)12(2)5-3-4-6-12/h7,10H,3-6,14H2,1-2H3. The Labute approximate surface area is 101 Å². The summed E-state index contributed by atoms with van der Waals surface area (Å²) in [5.74, 6) is 0. The molecule has 1 nitrogen and oxygen atoms in total. The van der Waals surface area contributed by atoms with Gasteiger partial charge in [-0.05, 0) is 36.8 Å². The van der Waals surface area contributed by atoms with Crippen molar-refractivity contribution in [3.63, 3.8) is 0 Å². The van der Waals surface area contributed by atoms with Crippen molar-refractivity contribution in [1.82, 2.24) is 0 Å². The zero-order chi connectivity index (χ0) is 11.1. The molecular formula is C12H18ClNS. The average Bonchev–Trinajstić information content (AvgIpc) is 2.75. The summed E-state index contributed by atoms with van der Waals surface area (Å²) in [5.41, 5.74) is 7.82. The number of hydrogen-bond donors (Lipinski definition) is 1. The Balaban J connectivity index is 2.23. The van der Waals surface area contributed by atoms with Crippen LogP contribution in [0.1, 0.15) is 49.1 Å². The molecule has 0 aliphatic heterocycles. The smallest absolute Gasteiger partial charge is 0.0960 e. The second kappa shape index (κ2) is 4.08. The van der Waals surface area contributed by atoms with Crippen LogP contribution in [0.15, 0.2) is 6.07 Å². The molecule has 3 heteroatoms. The first-order valence-electron chi connectivity index (χ1n) is 5.54. The Morgan fingerprint density at radius 1 is 1.47 bits per heavy atom. The predicted molar refractivity (Wildman–Crippen MR) is 67.6 cm³/mol. The van der Waals surface area contributed by atoms with Gasteiger partial charge in [0.15, 0.2) is 0 Å². The molecule has 15 heavy (non-hydrogen) atoms. The van der Waals surface area contributed by atoms with E-state index in [9.17, 15) is 0 Å². The van der Waals surface area contributed by atoms with Gasteiger partial charge in [-0.15, -0.1) is 11.3 Å². The highest BCUT2D eigenvalue weighted by molar-refractivity contribution is 7.16. The highest BCUT2D eigenvalue weighted by atomic mass is 35.5. The first-order valence-corrected chi connectivity index (χ1v) is 6.74. The van der Waals surface area contributed by atoms with Crippen LogP contribution in [-0.2, 0) is 0 Å². The first kappa shape index (κ1) is 11.4. The van der Waals surface area contributed by atoms with Crippen molar-refractivity contribution in [3.8, 4) is 0 Å². The van der Waals surface area contributed by atoms with Gasteiger partial charge in [0.2, 0.25) is 0 Å². The maximum Gasteiger partial charge on any atom is 0.0960 e. The topological polar surface area (TPSA) is 26.0 Å². The molecule has 0 amide bonds. The van der Waals surface area contributed by atoms with Crippen LogP contribution >= 0.6 is 22.9 Å². The van der Waals surface area contributed by atoms with Gasteiger partial charge in [-0.1, -0.05) is 31.4 Å². The fraction of sp³-hybridized carbons (Fsp3) is 0.667. The minimum atomic E-state index is 0.163. The molecule has 1 aliphatic rings. The fourth-order valence-electron chi connectivity index (χ4n) is 2.47. The Morgan fingerprint density at radius 2 is 2.07 bits per heavy atom. The van der Waals surface area contributed by atoms with Crippen LogP contribution in [0.4, 0.5) is 0 Å². The van der Waals surface area contributed by atoms with Gasteiger partial charge in [0.1, 0.15) is 0 Å². The summed E-state index contributed by atoms with van der Waals surface area (Å²) < 4.78 is 0.891. The monoisotopic (exact) mass is 243 g/mol. The zero-order valence-corrected chi connectivity index (χ0v) is 10.9. The van der Waals surface area contributed by atoms with E-state index in [1.807, 2.05) is 6.92 Å². The van der Waals surface area contributed by atoms with E-state index in [4.69, 9.17) is 17.3 Å². The van der Waals surface area contributed by atoms with Crippen LogP contribution in [0, 0.1) is 12.3 Å². The predicted octanol–water partition coefficient (Wildman–Crippen LogP) is 4.29. The molecule has 1 fully saturated rings. The minimum absolute atomic E-state index is 0.163. The molecule has 0 spiro atoms. The van der Waals surface area contributed by atoms with Crippen LogP contribution in [0.2, 0.25) is 4.34 Å². The summed E-state index contributed by atoms with van der Waals surface area (Å²) in [6.45, 7) is 4.36.